The third-order valence-electron chi connectivity index (χ3n) is 4.07. The first-order chi connectivity index (χ1) is 12.4. The van der Waals surface area contributed by atoms with Gasteiger partial charge in [0.15, 0.2) is 0 Å². The number of amides is 1. The lowest BCUT2D eigenvalue weighted by Gasteiger charge is -2.14. The largest absolute Gasteiger partial charge is 0.507 e. The van der Waals surface area contributed by atoms with E-state index in [9.17, 15) is 24.8 Å². The number of methoxy groups -OCH3 is 1. The van der Waals surface area contributed by atoms with Gasteiger partial charge in [-0.1, -0.05) is 12.1 Å². The minimum absolute atomic E-state index is 0.103. The molecule has 0 unspecified atom stereocenters. The molecule has 0 spiro atoms. The van der Waals surface area contributed by atoms with Crippen LogP contribution in [0, 0.1) is 10.1 Å². The number of hydrogen-bond donors (Lipinski definition) is 2. The molecule has 0 radical (unpaired) electrons. The van der Waals surface area contributed by atoms with Gasteiger partial charge in [0.05, 0.1) is 23.6 Å². The van der Waals surface area contributed by atoms with Crippen LogP contribution >= 0.6 is 0 Å². The fourth-order valence-corrected chi connectivity index (χ4v) is 2.71. The smallest absolute Gasteiger partial charge is 0.293 e. The summed E-state index contributed by atoms with van der Waals surface area (Å²) in [4.78, 5) is 34.3. The highest BCUT2D eigenvalue weighted by Gasteiger charge is 2.39. The van der Waals surface area contributed by atoms with E-state index in [1.807, 2.05) is 0 Å². The number of nitrogens with one attached hydrogen (secondary N) is 1. The normalized spacial score (nSPS) is 18.4. The van der Waals surface area contributed by atoms with Crippen molar-refractivity contribution in [3.05, 3.63) is 75.3 Å². The van der Waals surface area contributed by atoms with E-state index < -0.39 is 28.4 Å². The molecule has 8 heteroatoms. The van der Waals surface area contributed by atoms with E-state index in [1.54, 1.807) is 24.3 Å². The molecule has 2 N–H and O–H groups in total. The Balaban J connectivity index is 2.04. The van der Waals surface area contributed by atoms with E-state index in [1.165, 1.54) is 31.4 Å². The molecule has 0 aliphatic carbocycles. The van der Waals surface area contributed by atoms with Crippen molar-refractivity contribution in [1.82, 2.24) is 5.32 Å². The number of aliphatic hydroxyl groups excluding tert-OH is 1. The number of aliphatic hydroxyl groups is 1. The number of benzene rings is 2. The first kappa shape index (κ1) is 17.2. The van der Waals surface area contributed by atoms with Crippen molar-refractivity contribution in [2.75, 3.05) is 7.11 Å². The van der Waals surface area contributed by atoms with Crippen LogP contribution < -0.4 is 10.1 Å². The second-order valence-corrected chi connectivity index (χ2v) is 5.58. The van der Waals surface area contributed by atoms with Gasteiger partial charge in [-0.25, -0.2) is 0 Å². The van der Waals surface area contributed by atoms with Gasteiger partial charge in [-0.2, -0.15) is 0 Å². The third kappa shape index (κ3) is 3.00. The SMILES string of the molecule is COc1ccc([C@H]2NC(=O)C(=O)/C2=C(/O)c2ccc([N+](=O)[O-])cc2)cc1. The minimum Gasteiger partial charge on any atom is -0.507 e. The van der Waals surface area contributed by atoms with E-state index >= 15 is 0 Å². The van der Waals surface area contributed by atoms with Crippen LogP contribution in [-0.4, -0.2) is 28.8 Å². The van der Waals surface area contributed by atoms with Gasteiger partial charge in [0.25, 0.3) is 17.4 Å². The zero-order valence-electron chi connectivity index (χ0n) is 13.6. The standard InChI is InChI=1S/C18H14N2O6/c1-26-13-8-4-10(5-9-13)15-14(17(22)18(23)19-15)16(21)11-2-6-12(7-3-11)20(24)25/h2-9,15,21H,1H3,(H,19,23)/b16-14+/t15-/m1/s1. The number of ether oxygens (including phenoxy) is 1. The van der Waals surface area contributed by atoms with E-state index in [0.29, 0.717) is 11.3 Å². The van der Waals surface area contributed by atoms with Crippen LogP contribution in [0.3, 0.4) is 0 Å². The van der Waals surface area contributed by atoms with Crippen molar-refractivity contribution in [3.63, 3.8) is 0 Å². The molecule has 8 nitrogen and oxygen atoms in total. The predicted octanol–water partition coefficient (Wildman–Crippen LogP) is 2.31. The maximum Gasteiger partial charge on any atom is 0.293 e. The molecule has 0 aromatic heterocycles. The van der Waals surface area contributed by atoms with Gasteiger partial charge in [0.2, 0.25) is 0 Å². The average molecular weight is 354 g/mol. The number of carbonyl (C=O) groups is 2. The lowest BCUT2D eigenvalue weighted by molar-refractivity contribution is -0.384. The van der Waals surface area contributed by atoms with Crippen molar-refractivity contribution >= 4 is 23.1 Å². The van der Waals surface area contributed by atoms with Gasteiger partial charge in [0.1, 0.15) is 11.5 Å². The summed E-state index contributed by atoms with van der Waals surface area (Å²) in [6.07, 6.45) is 0. The lowest BCUT2D eigenvalue weighted by atomic mass is 9.96. The Kier molecular flexibility index (Phi) is 4.40. The topological polar surface area (TPSA) is 119 Å². The highest BCUT2D eigenvalue weighted by molar-refractivity contribution is 6.46. The second-order valence-electron chi connectivity index (χ2n) is 5.58. The molecule has 1 saturated heterocycles. The molecule has 1 heterocycles. The van der Waals surface area contributed by atoms with Crippen molar-refractivity contribution in [2.45, 2.75) is 6.04 Å². The number of non-ortho nitro benzene ring substituents is 1. The summed E-state index contributed by atoms with van der Waals surface area (Å²) in [5.74, 6) is -1.46. The van der Waals surface area contributed by atoms with Crippen LogP contribution in [0.1, 0.15) is 17.2 Å². The molecule has 132 valence electrons. The zero-order chi connectivity index (χ0) is 18.8. The minimum atomic E-state index is -0.846. The third-order valence-corrected chi connectivity index (χ3v) is 4.07. The fourth-order valence-electron chi connectivity index (χ4n) is 2.71. The monoisotopic (exact) mass is 354 g/mol. The van der Waals surface area contributed by atoms with Crippen LogP contribution in [0.4, 0.5) is 5.69 Å². The molecule has 26 heavy (non-hydrogen) atoms. The van der Waals surface area contributed by atoms with Gasteiger partial charge in [-0.3, -0.25) is 19.7 Å². The Morgan fingerprint density at radius 2 is 1.73 bits per heavy atom. The Labute approximate surface area is 147 Å². The molecular weight excluding hydrogens is 340 g/mol. The fraction of sp³-hybridized carbons (Fsp3) is 0.111. The molecule has 1 aliphatic heterocycles. The Morgan fingerprint density at radius 3 is 2.27 bits per heavy atom. The van der Waals surface area contributed by atoms with Crippen LogP contribution in [0.15, 0.2) is 54.1 Å². The molecular formula is C18H14N2O6. The number of carbonyl (C=O) groups excluding carboxylic acids is 2. The number of nitro groups is 1. The van der Waals surface area contributed by atoms with Crippen LogP contribution in [0.5, 0.6) is 5.75 Å². The van der Waals surface area contributed by atoms with Crippen molar-refractivity contribution in [3.8, 4) is 5.75 Å². The number of hydrogen-bond acceptors (Lipinski definition) is 6. The first-order valence-electron chi connectivity index (χ1n) is 7.59. The maximum absolute atomic E-state index is 12.2. The van der Waals surface area contributed by atoms with Crippen LogP contribution in [0.2, 0.25) is 0 Å². The number of ketones is 1. The second kappa shape index (κ2) is 6.67. The zero-order valence-corrected chi connectivity index (χ0v) is 13.6. The van der Waals surface area contributed by atoms with Gasteiger partial charge in [0, 0.05) is 17.7 Å². The molecule has 1 amide bonds. The summed E-state index contributed by atoms with van der Waals surface area (Å²) in [5.41, 5.74) is 0.543. The van der Waals surface area contributed by atoms with Gasteiger partial charge < -0.3 is 15.2 Å². The Morgan fingerprint density at radius 1 is 1.12 bits per heavy atom. The van der Waals surface area contributed by atoms with E-state index in [4.69, 9.17) is 4.74 Å². The molecule has 0 saturated carbocycles. The maximum atomic E-state index is 12.2. The molecule has 1 aliphatic rings. The van der Waals surface area contributed by atoms with E-state index in [-0.39, 0.29) is 16.8 Å². The summed E-state index contributed by atoms with van der Waals surface area (Å²) in [7, 11) is 1.52. The van der Waals surface area contributed by atoms with Gasteiger partial charge >= 0.3 is 0 Å². The van der Waals surface area contributed by atoms with E-state index in [2.05, 4.69) is 5.32 Å². The first-order valence-corrected chi connectivity index (χ1v) is 7.59. The summed E-state index contributed by atoms with van der Waals surface area (Å²) < 4.78 is 5.08. The number of nitrogens with zero attached hydrogens (tertiary/aromatic N) is 1. The van der Waals surface area contributed by atoms with Gasteiger partial charge in [-0.05, 0) is 29.8 Å². The van der Waals surface area contributed by atoms with E-state index in [0.717, 1.165) is 0 Å². The number of rotatable bonds is 4. The van der Waals surface area contributed by atoms with Crippen molar-refractivity contribution < 1.29 is 24.4 Å². The molecule has 3 rings (SSSR count). The molecule has 2 aromatic rings. The summed E-state index contributed by atoms with van der Waals surface area (Å²) >= 11 is 0. The average Bonchev–Trinajstić information content (AvgIpc) is 2.96. The molecule has 0 bridgehead atoms. The van der Waals surface area contributed by atoms with Crippen molar-refractivity contribution in [1.29, 1.82) is 0 Å². The van der Waals surface area contributed by atoms with Crippen LogP contribution in [0.25, 0.3) is 5.76 Å². The Hall–Kier alpha value is -3.68. The number of Topliss-reactive ketones (excluding diaryl/α,β-unsaturated/α-hetero) is 1. The summed E-state index contributed by atoms with van der Waals surface area (Å²) in [6.45, 7) is 0. The van der Waals surface area contributed by atoms with Gasteiger partial charge in [-0.15, -0.1) is 0 Å². The summed E-state index contributed by atoms with van der Waals surface area (Å²) in [5, 5.41) is 23.8. The molecule has 1 fully saturated rings. The summed E-state index contributed by atoms with van der Waals surface area (Å²) in [6, 6.07) is 10.9. The molecule has 2 aromatic carbocycles. The predicted molar refractivity (Wildman–Crippen MR) is 91.5 cm³/mol. The van der Waals surface area contributed by atoms with Crippen LogP contribution in [-0.2, 0) is 9.59 Å². The Bertz CT molecular complexity index is 916. The number of nitro benzene ring substituents is 1. The molecule has 1 atom stereocenters. The van der Waals surface area contributed by atoms with Crippen molar-refractivity contribution in [2.24, 2.45) is 0 Å². The highest BCUT2D eigenvalue weighted by atomic mass is 16.6. The highest BCUT2D eigenvalue weighted by Crippen LogP contribution is 2.33. The lowest BCUT2D eigenvalue weighted by Crippen LogP contribution is -2.21. The quantitative estimate of drug-likeness (QED) is 0.286.